The average Bonchev–Trinajstić information content (AvgIpc) is 2.84. The largest absolute Gasteiger partial charge is 0.488 e. The van der Waals surface area contributed by atoms with Crippen molar-refractivity contribution in [2.24, 2.45) is 11.7 Å². The van der Waals surface area contributed by atoms with Gasteiger partial charge in [0, 0.05) is 12.2 Å². The lowest BCUT2D eigenvalue weighted by Gasteiger charge is -2.32. The first kappa shape index (κ1) is 25.6. The Morgan fingerprint density at radius 2 is 1.92 bits per heavy atom. The second kappa shape index (κ2) is 11.0. The van der Waals surface area contributed by atoms with Crippen molar-refractivity contribution >= 4 is 11.6 Å². The SMILES string of the molecule is CC1CC(N)CC(c2ccncc2NC(=O)c2ccc(F)c(-c3c(F)ccc(OCCO)c3F)n2)C1. The monoisotopic (exact) mass is 500 g/mol. The van der Waals surface area contributed by atoms with Crippen molar-refractivity contribution < 1.29 is 27.8 Å². The van der Waals surface area contributed by atoms with Crippen molar-refractivity contribution in [3.63, 3.8) is 0 Å². The van der Waals surface area contributed by atoms with E-state index in [0.717, 1.165) is 49.1 Å². The molecule has 0 bridgehead atoms. The van der Waals surface area contributed by atoms with Crippen molar-refractivity contribution in [1.29, 1.82) is 0 Å². The van der Waals surface area contributed by atoms with E-state index < -0.39 is 41.2 Å². The zero-order chi connectivity index (χ0) is 25.8. The topological polar surface area (TPSA) is 110 Å². The molecule has 190 valence electrons. The minimum Gasteiger partial charge on any atom is -0.488 e. The van der Waals surface area contributed by atoms with Gasteiger partial charge in [0.05, 0.1) is 24.1 Å². The van der Waals surface area contributed by atoms with E-state index in [-0.39, 0.29) is 30.0 Å². The summed E-state index contributed by atoms with van der Waals surface area (Å²) in [4.78, 5) is 21.1. The van der Waals surface area contributed by atoms with E-state index in [1.807, 2.05) is 6.07 Å². The molecule has 4 N–H and O–H groups in total. The Morgan fingerprint density at radius 3 is 2.67 bits per heavy atom. The lowest BCUT2D eigenvalue weighted by atomic mass is 9.76. The van der Waals surface area contributed by atoms with Crippen LogP contribution in [-0.4, -0.2) is 40.2 Å². The van der Waals surface area contributed by atoms with Crippen LogP contribution >= 0.6 is 0 Å². The number of rotatable bonds is 7. The van der Waals surface area contributed by atoms with Crippen LogP contribution in [-0.2, 0) is 0 Å². The van der Waals surface area contributed by atoms with Crippen molar-refractivity contribution in [3.8, 4) is 17.0 Å². The Balaban J connectivity index is 1.64. The summed E-state index contributed by atoms with van der Waals surface area (Å²) in [5, 5.41) is 11.7. The number of nitrogens with zero attached hydrogens (tertiary/aromatic N) is 2. The molecule has 0 saturated heterocycles. The van der Waals surface area contributed by atoms with Crippen molar-refractivity contribution in [3.05, 3.63) is 71.4 Å². The Labute approximate surface area is 206 Å². The molecule has 1 fully saturated rings. The van der Waals surface area contributed by atoms with Crippen molar-refractivity contribution in [1.82, 2.24) is 9.97 Å². The predicted octanol–water partition coefficient (Wildman–Crippen LogP) is 4.42. The van der Waals surface area contributed by atoms with Gasteiger partial charge in [0.1, 0.15) is 29.6 Å². The standard InChI is InChI=1S/C26H27F3N4O3/c1-14-10-15(12-16(30)11-14)17-6-7-31-13-21(17)33-26(35)20-4-2-19(28)25(32-20)23-18(27)3-5-22(24(23)29)36-9-8-34/h2-7,13-16,34H,8-12,30H2,1H3,(H,33,35). The third-order valence-corrected chi connectivity index (χ3v) is 6.24. The second-order valence-corrected chi connectivity index (χ2v) is 9.02. The maximum Gasteiger partial charge on any atom is 0.274 e. The van der Waals surface area contributed by atoms with Gasteiger partial charge in [-0.2, -0.15) is 0 Å². The summed E-state index contributed by atoms with van der Waals surface area (Å²) < 4.78 is 49.2. The van der Waals surface area contributed by atoms with E-state index >= 15 is 0 Å². The molecular weight excluding hydrogens is 473 g/mol. The van der Waals surface area contributed by atoms with Crippen LogP contribution in [0.5, 0.6) is 5.75 Å². The molecule has 0 aliphatic heterocycles. The van der Waals surface area contributed by atoms with Crippen LogP contribution in [0.2, 0.25) is 0 Å². The summed E-state index contributed by atoms with van der Waals surface area (Å²) in [5.41, 5.74) is 5.88. The van der Waals surface area contributed by atoms with Crippen LogP contribution in [0.15, 0.2) is 42.7 Å². The number of carbonyl (C=O) groups excluding carboxylic acids is 1. The molecule has 1 aliphatic rings. The third kappa shape index (κ3) is 5.50. The number of aliphatic hydroxyl groups is 1. The molecule has 2 heterocycles. The number of anilines is 1. The van der Waals surface area contributed by atoms with Gasteiger partial charge in [0.25, 0.3) is 5.91 Å². The molecule has 1 aromatic carbocycles. The predicted molar refractivity (Wildman–Crippen MR) is 128 cm³/mol. The number of nitrogens with one attached hydrogen (secondary N) is 1. The van der Waals surface area contributed by atoms with E-state index in [0.29, 0.717) is 11.6 Å². The molecule has 7 nitrogen and oxygen atoms in total. The molecule has 0 radical (unpaired) electrons. The number of aliphatic hydroxyl groups excluding tert-OH is 1. The van der Waals surface area contributed by atoms with Gasteiger partial charge in [0.15, 0.2) is 11.6 Å². The van der Waals surface area contributed by atoms with Crippen LogP contribution in [0.4, 0.5) is 18.9 Å². The fourth-order valence-corrected chi connectivity index (χ4v) is 4.72. The van der Waals surface area contributed by atoms with Gasteiger partial charge < -0.3 is 20.9 Å². The number of aromatic nitrogens is 2. The highest BCUT2D eigenvalue weighted by Gasteiger charge is 2.28. The molecule has 36 heavy (non-hydrogen) atoms. The second-order valence-electron chi connectivity index (χ2n) is 9.02. The first-order valence-corrected chi connectivity index (χ1v) is 11.7. The number of halogens is 3. The highest BCUT2D eigenvalue weighted by atomic mass is 19.1. The van der Waals surface area contributed by atoms with Crippen molar-refractivity contribution in [2.45, 2.75) is 38.1 Å². The number of hydrogen-bond donors (Lipinski definition) is 3. The Kier molecular flexibility index (Phi) is 7.85. The molecule has 4 rings (SSSR count). The fraction of sp³-hybridized carbons (Fsp3) is 0.346. The first-order chi connectivity index (χ1) is 17.3. The molecule has 0 spiro atoms. The van der Waals surface area contributed by atoms with Gasteiger partial charge in [0.2, 0.25) is 0 Å². The van der Waals surface area contributed by atoms with Crippen LogP contribution in [0.25, 0.3) is 11.3 Å². The highest BCUT2D eigenvalue weighted by molar-refractivity contribution is 6.03. The molecule has 3 aromatic rings. The maximum atomic E-state index is 15.0. The van der Waals surface area contributed by atoms with Gasteiger partial charge in [-0.05, 0) is 67.0 Å². The summed E-state index contributed by atoms with van der Waals surface area (Å²) in [6.07, 6.45) is 5.77. The van der Waals surface area contributed by atoms with Gasteiger partial charge in [-0.3, -0.25) is 9.78 Å². The van der Waals surface area contributed by atoms with Crippen LogP contribution in [0, 0.1) is 23.4 Å². The van der Waals surface area contributed by atoms with Crippen LogP contribution in [0.3, 0.4) is 0 Å². The summed E-state index contributed by atoms with van der Waals surface area (Å²) in [5.74, 6) is -3.79. The van der Waals surface area contributed by atoms with Crippen molar-refractivity contribution in [2.75, 3.05) is 18.5 Å². The van der Waals surface area contributed by atoms with Crippen LogP contribution < -0.4 is 15.8 Å². The zero-order valence-electron chi connectivity index (χ0n) is 19.7. The summed E-state index contributed by atoms with van der Waals surface area (Å²) in [6, 6.07) is 5.86. The minimum atomic E-state index is -1.19. The van der Waals surface area contributed by atoms with Crippen LogP contribution in [0.1, 0.15) is 48.2 Å². The lowest BCUT2D eigenvalue weighted by Crippen LogP contribution is -2.31. The normalized spacial score (nSPS) is 19.7. The van der Waals surface area contributed by atoms with E-state index in [1.165, 1.54) is 6.20 Å². The third-order valence-electron chi connectivity index (χ3n) is 6.24. The van der Waals surface area contributed by atoms with Gasteiger partial charge in [-0.15, -0.1) is 0 Å². The number of pyridine rings is 2. The molecule has 1 saturated carbocycles. The Hall–Kier alpha value is -3.50. The minimum absolute atomic E-state index is 0.0544. The Morgan fingerprint density at radius 1 is 1.14 bits per heavy atom. The molecule has 3 atom stereocenters. The van der Waals surface area contributed by atoms with E-state index in [2.05, 4.69) is 22.2 Å². The summed E-state index contributed by atoms with van der Waals surface area (Å²) in [7, 11) is 0. The molecule has 2 aromatic heterocycles. The smallest absolute Gasteiger partial charge is 0.274 e. The maximum absolute atomic E-state index is 15.0. The van der Waals surface area contributed by atoms with E-state index in [4.69, 9.17) is 15.6 Å². The first-order valence-electron chi connectivity index (χ1n) is 11.7. The van der Waals surface area contributed by atoms with E-state index in [1.54, 1.807) is 6.20 Å². The summed E-state index contributed by atoms with van der Waals surface area (Å²) >= 11 is 0. The molecule has 10 heteroatoms. The molecule has 3 unspecified atom stereocenters. The van der Waals surface area contributed by atoms with E-state index in [9.17, 15) is 18.0 Å². The van der Waals surface area contributed by atoms with Gasteiger partial charge in [-0.25, -0.2) is 18.2 Å². The fourth-order valence-electron chi connectivity index (χ4n) is 4.72. The summed E-state index contributed by atoms with van der Waals surface area (Å²) in [6.45, 7) is 1.51. The van der Waals surface area contributed by atoms with Gasteiger partial charge >= 0.3 is 0 Å². The number of carbonyl (C=O) groups is 1. The molecule has 1 amide bonds. The molecule has 1 aliphatic carbocycles. The number of nitrogens with two attached hydrogens (primary N) is 1. The number of benzene rings is 1. The van der Waals surface area contributed by atoms with Gasteiger partial charge in [-0.1, -0.05) is 6.92 Å². The zero-order valence-corrected chi connectivity index (χ0v) is 19.7. The molecular formula is C26H27F3N4O3. The number of hydrogen-bond acceptors (Lipinski definition) is 6. The number of ether oxygens (including phenoxy) is 1. The number of amides is 1. The highest BCUT2D eigenvalue weighted by Crippen LogP contribution is 2.38. The average molecular weight is 501 g/mol. The Bertz CT molecular complexity index is 1250. The quantitative estimate of drug-likeness (QED) is 0.443. The lowest BCUT2D eigenvalue weighted by molar-refractivity contribution is 0.102.